The number of fused-ring (bicyclic) bond motifs is 1. The third kappa shape index (κ3) is 4.39. The molecule has 8 nitrogen and oxygen atoms in total. The first kappa shape index (κ1) is 26.7. The van der Waals surface area contributed by atoms with Gasteiger partial charge in [-0.05, 0) is 34.6 Å². The zero-order chi connectivity index (χ0) is 25.0. The third-order valence-corrected chi connectivity index (χ3v) is 11.3. The van der Waals surface area contributed by atoms with Crippen molar-refractivity contribution in [2.24, 2.45) is 4.99 Å². The van der Waals surface area contributed by atoms with E-state index in [1.165, 1.54) is 0 Å². The maximum absolute atomic E-state index is 14.4. The van der Waals surface area contributed by atoms with Crippen LogP contribution < -0.4 is 0 Å². The first-order valence-corrected chi connectivity index (χ1v) is 14.4. The lowest BCUT2D eigenvalue weighted by atomic mass is 9.92. The molecule has 0 N–H and O–H groups in total. The van der Waals surface area contributed by atoms with E-state index < -0.39 is 26.0 Å². The van der Waals surface area contributed by atoms with Crippen LogP contribution in [0, 0.1) is 6.92 Å². The number of ketones is 1. The molecule has 3 rings (SSSR count). The van der Waals surface area contributed by atoms with Crippen LogP contribution in [-0.2, 0) is 27.2 Å². The van der Waals surface area contributed by atoms with Gasteiger partial charge in [-0.2, -0.15) is 0 Å². The van der Waals surface area contributed by atoms with E-state index in [9.17, 15) is 13.9 Å². The number of hydrogen-bond acceptors (Lipinski definition) is 8. The van der Waals surface area contributed by atoms with E-state index in [1.807, 2.05) is 31.2 Å². The van der Waals surface area contributed by atoms with Crippen LogP contribution in [0.3, 0.4) is 0 Å². The van der Waals surface area contributed by atoms with Crippen molar-refractivity contribution in [2.75, 3.05) is 26.4 Å². The molecule has 0 fully saturated rings. The van der Waals surface area contributed by atoms with E-state index in [2.05, 4.69) is 0 Å². The minimum atomic E-state index is -4.54. The highest BCUT2D eigenvalue weighted by molar-refractivity contribution is 7.76. The summed E-state index contributed by atoms with van der Waals surface area (Å²) in [5.41, 5.74) is 2.71. The number of carbonyl (C=O) groups is 1. The van der Waals surface area contributed by atoms with Crippen LogP contribution in [0.5, 0.6) is 0 Å². The Morgan fingerprint density at radius 1 is 0.735 bits per heavy atom. The molecule has 0 radical (unpaired) electrons. The standard InChI is InChI=1S/C24H31NO7P2/c1-6-29-33(27,30-7-2)24(34(28,31-8-3)32-9-4)23(26)21-13-11-10-12-20(21)22(25-24)19-16-14-18(5)15-17-19/h10-17H,6-9H2,1-5H3. The summed E-state index contributed by atoms with van der Waals surface area (Å²) in [6, 6.07) is 14.3. The maximum Gasteiger partial charge on any atom is 0.378 e. The summed E-state index contributed by atoms with van der Waals surface area (Å²) >= 11 is 0. The van der Waals surface area contributed by atoms with Crippen molar-refractivity contribution in [3.05, 3.63) is 70.8 Å². The maximum atomic E-state index is 14.4. The quantitative estimate of drug-likeness (QED) is 0.333. The van der Waals surface area contributed by atoms with Crippen LogP contribution in [0.25, 0.3) is 0 Å². The lowest BCUT2D eigenvalue weighted by molar-refractivity contribution is 0.0917. The largest absolute Gasteiger partial charge is 0.378 e. The Hall–Kier alpha value is -1.92. The molecule has 0 aliphatic carbocycles. The lowest BCUT2D eigenvalue weighted by Gasteiger charge is -2.40. The predicted octanol–water partition coefficient (Wildman–Crippen LogP) is 6.21. The number of hydrogen-bond donors (Lipinski definition) is 0. The van der Waals surface area contributed by atoms with Crippen molar-refractivity contribution in [3.8, 4) is 0 Å². The molecule has 0 saturated carbocycles. The van der Waals surface area contributed by atoms with E-state index >= 15 is 0 Å². The van der Waals surface area contributed by atoms with Gasteiger partial charge in [0.05, 0.1) is 32.1 Å². The van der Waals surface area contributed by atoms with E-state index in [0.29, 0.717) is 16.8 Å². The minimum Gasteiger partial charge on any atom is -0.306 e. The zero-order valence-corrected chi connectivity index (χ0v) is 21.9. The Bertz CT molecular complexity index is 1110. The molecular weight excluding hydrogens is 476 g/mol. The summed E-state index contributed by atoms with van der Waals surface area (Å²) in [6.07, 6.45) is 0. The summed E-state index contributed by atoms with van der Waals surface area (Å²) in [5.74, 6) is -0.783. The van der Waals surface area contributed by atoms with Crippen molar-refractivity contribution in [1.82, 2.24) is 0 Å². The van der Waals surface area contributed by atoms with E-state index in [1.54, 1.807) is 52.0 Å². The minimum absolute atomic E-state index is 0.0679. The fourth-order valence-electron chi connectivity index (χ4n) is 3.90. The fourth-order valence-corrected chi connectivity index (χ4v) is 9.21. The summed E-state index contributed by atoms with van der Waals surface area (Å²) in [4.78, 5) is 18.9. The van der Waals surface area contributed by atoms with Gasteiger partial charge in [0.2, 0.25) is 5.78 Å². The Morgan fingerprint density at radius 2 is 1.18 bits per heavy atom. The summed E-state index contributed by atoms with van der Waals surface area (Å²) in [5, 5.41) is -2.56. The normalized spacial score (nSPS) is 15.7. The summed E-state index contributed by atoms with van der Waals surface area (Å²) in [7, 11) is -9.07. The van der Waals surface area contributed by atoms with Crippen LogP contribution in [0.2, 0.25) is 0 Å². The van der Waals surface area contributed by atoms with Gasteiger partial charge in [0.15, 0.2) is 0 Å². The van der Waals surface area contributed by atoms with Gasteiger partial charge in [0.1, 0.15) is 0 Å². The average molecular weight is 507 g/mol. The van der Waals surface area contributed by atoms with Crippen molar-refractivity contribution in [3.63, 3.8) is 0 Å². The van der Waals surface area contributed by atoms with E-state index in [0.717, 1.165) is 5.56 Å². The number of aryl methyl sites for hydroxylation is 1. The second kappa shape index (κ2) is 10.8. The highest BCUT2D eigenvalue weighted by atomic mass is 31.2. The van der Waals surface area contributed by atoms with E-state index in [-0.39, 0.29) is 32.0 Å². The van der Waals surface area contributed by atoms with Gasteiger partial charge in [0, 0.05) is 16.7 Å². The van der Waals surface area contributed by atoms with Gasteiger partial charge in [-0.1, -0.05) is 54.1 Å². The highest BCUT2D eigenvalue weighted by Crippen LogP contribution is 2.80. The molecule has 0 bridgehead atoms. The molecule has 2 aromatic carbocycles. The highest BCUT2D eigenvalue weighted by Gasteiger charge is 2.72. The van der Waals surface area contributed by atoms with Crippen molar-refractivity contribution in [1.29, 1.82) is 0 Å². The van der Waals surface area contributed by atoms with Gasteiger partial charge in [-0.25, -0.2) is 4.99 Å². The van der Waals surface area contributed by atoms with Gasteiger partial charge < -0.3 is 18.1 Å². The summed E-state index contributed by atoms with van der Waals surface area (Å²) in [6.45, 7) is 8.11. The molecule has 1 aliphatic rings. The molecule has 184 valence electrons. The number of nitrogens with zero attached hydrogens (tertiary/aromatic N) is 1. The second-order valence-electron chi connectivity index (χ2n) is 7.50. The van der Waals surface area contributed by atoms with E-state index in [4.69, 9.17) is 23.1 Å². The van der Waals surface area contributed by atoms with Gasteiger partial charge >= 0.3 is 20.2 Å². The first-order valence-electron chi connectivity index (χ1n) is 11.3. The topological polar surface area (TPSA) is 100 Å². The molecule has 2 aromatic rings. The third-order valence-electron chi connectivity index (χ3n) is 5.28. The van der Waals surface area contributed by atoms with Crippen molar-refractivity contribution in [2.45, 2.75) is 39.6 Å². The Kier molecular flexibility index (Phi) is 8.46. The number of Topliss-reactive ketones (excluding diaryl/α,β-unsaturated/α-hetero) is 1. The molecular formula is C24H31NO7P2. The molecule has 34 heavy (non-hydrogen) atoms. The molecule has 0 atom stereocenters. The van der Waals surface area contributed by atoms with Gasteiger partial charge in [-0.15, -0.1) is 0 Å². The molecule has 0 aromatic heterocycles. The number of rotatable bonds is 11. The SMILES string of the molecule is CCOP(=O)(OCC)C1(P(=O)(OCC)OCC)N=C(c2ccc(C)cc2)c2ccccc2C1=O. The summed E-state index contributed by atoms with van der Waals surface area (Å²) < 4.78 is 51.3. The van der Waals surface area contributed by atoms with Crippen LogP contribution in [-0.4, -0.2) is 42.9 Å². The van der Waals surface area contributed by atoms with Gasteiger partial charge in [0.25, 0.3) is 0 Å². The molecule has 0 spiro atoms. The van der Waals surface area contributed by atoms with Gasteiger partial charge in [-0.3, -0.25) is 13.9 Å². The number of aliphatic imine (C=N–C) groups is 1. The van der Waals surface area contributed by atoms with Crippen molar-refractivity contribution >= 4 is 26.7 Å². The van der Waals surface area contributed by atoms with Crippen LogP contribution in [0.1, 0.15) is 54.7 Å². The average Bonchev–Trinajstić information content (AvgIpc) is 2.81. The number of carbonyl (C=O) groups excluding carboxylic acids is 1. The molecule has 10 heteroatoms. The van der Waals surface area contributed by atoms with Crippen LogP contribution >= 0.6 is 15.2 Å². The zero-order valence-electron chi connectivity index (χ0n) is 20.1. The van der Waals surface area contributed by atoms with Crippen LogP contribution in [0.15, 0.2) is 53.5 Å². The molecule has 0 unspecified atom stereocenters. The molecule has 1 aliphatic heterocycles. The fraction of sp³-hybridized carbons (Fsp3) is 0.417. The lowest BCUT2D eigenvalue weighted by Crippen LogP contribution is -2.44. The first-order chi connectivity index (χ1) is 16.2. The molecule has 0 saturated heterocycles. The Labute approximate surface area is 200 Å². The van der Waals surface area contributed by atoms with Crippen molar-refractivity contribution < 1.29 is 32.0 Å². The number of benzene rings is 2. The molecule has 1 heterocycles. The Morgan fingerprint density at radius 3 is 1.62 bits per heavy atom. The predicted molar refractivity (Wildman–Crippen MR) is 132 cm³/mol. The Balaban J connectivity index is 2.50. The monoisotopic (exact) mass is 507 g/mol. The smallest absolute Gasteiger partial charge is 0.306 e. The second-order valence-corrected chi connectivity index (χ2v) is 12.2. The van der Waals surface area contributed by atoms with Crippen LogP contribution in [0.4, 0.5) is 0 Å². The molecule has 0 amide bonds.